The summed E-state index contributed by atoms with van der Waals surface area (Å²) in [5.74, 6) is 0. The molecule has 0 N–H and O–H groups in total. The minimum Gasteiger partial charge on any atom is -0.456 e. The number of nitrogens with zero attached hydrogens (tertiary/aromatic N) is 2. The van der Waals surface area contributed by atoms with Crippen LogP contribution < -0.4 is 0 Å². The number of allylic oxidation sites excluding steroid dienone is 3. The summed E-state index contributed by atoms with van der Waals surface area (Å²) < 4.78 is 11.5. The van der Waals surface area contributed by atoms with Crippen molar-refractivity contribution in [1.29, 1.82) is 0 Å². The minimum absolute atomic E-state index is 0.888. The molecule has 2 aliphatic rings. The molecule has 0 aliphatic heterocycles. The number of fused-ring (bicyclic) bond motifs is 10. The predicted molar refractivity (Wildman–Crippen MR) is 231 cm³/mol. The van der Waals surface area contributed by atoms with Gasteiger partial charge in [-0.2, -0.15) is 0 Å². The molecule has 0 spiro atoms. The molecule has 0 saturated heterocycles. The van der Waals surface area contributed by atoms with Crippen LogP contribution in [-0.2, 0) is 6.42 Å². The van der Waals surface area contributed by atoms with Crippen LogP contribution in [0.25, 0.3) is 110 Å². The zero-order valence-electron chi connectivity index (χ0n) is 29.9. The molecule has 8 aromatic carbocycles. The van der Waals surface area contributed by atoms with E-state index in [4.69, 9.17) is 4.42 Å². The van der Waals surface area contributed by atoms with Crippen molar-refractivity contribution in [2.75, 3.05) is 0 Å². The fourth-order valence-corrected chi connectivity index (χ4v) is 9.96. The Morgan fingerprint density at radius 2 is 1.13 bits per heavy atom. The Labute approximate surface area is 316 Å². The highest BCUT2D eigenvalue weighted by atomic mass is 16.3. The molecule has 0 atom stereocenters. The predicted octanol–water partition coefficient (Wildman–Crippen LogP) is 14.0. The van der Waals surface area contributed by atoms with Crippen LogP contribution in [0.4, 0.5) is 0 Å². The molecule has 0 saturated carbocycles. The lowest BCUT2D eigenvalue weighted by atomic mass is 9.80. The number of para-hydroxylation sites is 4. The van der Waals surface area contributed by atoms with E-state index in [-0.39, 0.29) is 0 Å². The second-order valence-electron chi connectivity index (χ2n) is 15.2. The van der Waals surface area contributed by atoms with E-state index in [2.05, 4.69) is 179 Å². The quantitative estimate of drug-likeness (QED) is 0.180. The van der Waals surface area contributed by atoms with Gasteiger partial charge in [0.25, 0.3) is 0 Å². The summed E-state index contributed by atoms with van der Waals surface area (Å²) in [5.41, 5.74) is 17.0. The van der Waals surface area contributed by atoms with Gasteiger partial charge < -0.3 is 13.6 Å². The van der Waals surface area contributed by atoms with E-state index < -0.39 is 0 Å². The monoisotopic (exact) mass is 700 g/mol. The van der Waals surface area contributed by atoms with Gasteiger partial charge in [-0.25, -0.2) is 0 Å². The van der Waals surface area contributed by atoms with Crippen LogP contribution in [0, 0.1) is 0 Å². The van der Waals surface area contributed by atoms with Gasteiger partial charge >= 0.3 is 0 Å². The second-order valence-corrected chi connectivity index (χ2v) is 15.2. The molecule has 3 heteroatoms. The van der Waals surface area contributed by atoms with Crippen LogP contribution in [0.5, 0.6) is 0 Å². The van der Waals surface area contributed by atoms with Crippen molar-refractivity contribution < 1.29 is 4.42 Å². The van der Waals surface area contributed by atoms with E-state index in [0.29, 0.717) is 0 Å². The molecule has 0 fully saturated rings. The third-order valence-electron chi connectivity index (χ3n) is 12.3. The van der Waals surface area contributed by atoms with Crippen LogP contribution in [0.2, 0.25) is 0 Å². The molecule has 0 radical (unpaired) electrons. The van der Waals surface area contributed by atoms with Gasteiger partial charge in [-0.1, -0.05) is 103 Å². The van der Waals surface area contributed by atoms with Gasteiger partial charge in [0.05, 0.1) is 27.8 Å². The maximum Gasteiger partial charge on any atom is 0.139 e. The zero-order chi connectivity index (χ0) is 35.8. The van der Waals surface area contributed by atoms with E-state index in [1.165, 1.54) is 110 Å². The average molecular weight is 701 g/mol. The highest BCUT2D eigenvalue weighted by Gasteiger charge is 2.27. The van der Waals surface area contributed by atoms with E-state index in [1.54, 1.807) is 0 Å². The Morgan fingerprint density at radius 1 is 0.491 bits per heavy atom. The molecule has 3 nitrogen and oxygen atoms in total. The van der Waals surface area contributed by atoms with Crippen molar-refractivity contribution in [2.45, 2.75) is 12.8 Å². The molecule has 2 aliphatic carbocycles. The van der Waals surface area contributed by atoms with Gasteiger partial charge in [0, 0.05) is 49.1 Å². The maximum atomic E-state index is 6.58. The number of hydrogen-bond donors (Lipinski definition) is 0. The second kappa shape index (κ2) is 10.7. The first kappa shape index (κ1) is 29.4. The number of aromatic nitrogens is 2. The van der Waals surface area contributed by atoms with E-state index >= 15 is 0 Å². The molecule has 0 unspecified atom stereocenters. The van der Waals surface area contributed by atoms with Gasteiger partial charge in [0.2, 0.25) is 0 Å². The Morgan fingerprint density at radius 3 is 1.89 bits per heavy atom. The lowest BCUT2D eigenvalue weighted by Gasteiger charge is -2.26. The van der Waals surface area contributed by atoms with Crippen molar-refractivity contribution >= 4 is 88.0 Å². The molecule has 3 heterocycles. The summed E-state index contributed by atoms with van der Waals surface area (Å²) in [7, 11) is 0. The standard InChI is InChI=1S/C52H32N2O/c1-2-12-35(13-3-1)53-44-18-7-4-14-36(44)41-27-32(22-25-46(41)53)33-23-26-47-42(28-33)37-15-5-8-19-45(37)54(47)48-30-34-29-43-38-16-6-9-20-49(38)55-52(43)40-24-21-31-11-10-17-39(48)50(31)51(34)40/h1-10,12-23,25-30H,11,24H2. The van der Waals surface area contributed by atoms with E-state index in [1.807, 2.05) is 0 Å². The molecule has 13 rings (SSSR count). The van der Waals surface area contributed by atoms with Gasteiger partial charge in [0.1, 0.15) is 11.2 Å². The molecule has 11 aromatic rings. The summed E-state index contributed by atoms with van der Waals surface area (Å²) in [6.45, 7) is 0. The Bertz CT molecular complexity index is 3530. The van der Waals surface area contributed by atoms with E-state index in [0.717, 1.165) is 24.0 Å². The first-order chi connectivity index (χ1) is 27.3. The molecule has 3 aromatic heterocycles. The molecule has 0 bridgehead atoms. The van der Waals surface area contributed by atoms with E-state index in [9.17, 15) is 0 Å². The summed E-state index contributed by atoms with van der Waals surface area (Å²) in [4.78, 5) is 0. The van der Waals surface area contributed by atoms with Crippen LogP contribution in [0.1, 0.15) is 23.1 Å². The average Bonchev–Trinajstić information content (AvgIpc) is 3.90. The summed E-state index contributed by atoms with van der Waals surface area (Å²) in [6.07, 6.45) is 8.97. The number of furan rings is 1. The number of hydrogen-bond acceptors (Lipinski definition) is 1. The first-order valence-corrected chi connectivity index (χ1v) is 19.2. The lowest BCUT2D eigenvalue weighted by molar-refractivity contribution is 0.665. The van der Waals surface area contributed by atoms with Crippen LogP contribution in [0.3, 0.4) is 0 Å². The van der Waals surface area contributed by atoms with Crippen LogP contribution in [0.15, 0.2) is 168 Å². The molecule has 0 amide bonds. The normalized spacial score (nSPS) is 13.7. The Hall–Kier alpha value is -7.10. The topological polar surface area (TPSA) is 23.0 Å². The zero-order valence-corrected chi connectivity index (χ0v) is 29.9. The number of rotatable bonds is 3. The molecular weight excluding hydrogens is 669 g/mol. The SMILES string of the molecule is C1=Cc2c(-n3c4ccccc4c4cc(-c5ccc6c(c5)c5ccccc5n6-c5ccccc5)ccc43)cc3cc4c(oc5ccccc54)c4c3c2C(=CC4)C1. The van der Waals surface area contributed by atoms with Crippen LogP contribution in [-0.4, -0.2) is 9.13 Å². The fraction of sp³-hybridized carbons (Fsp3) is 0.0385. The highest BCUT2D eigenvalue weighted by Crippen LogP contribution is 2.48. The summed E-state index contributed by atoms with van der Waals surface area (Å²) in [5, 5.41) is 10.0. The van der Waals surface area contributed by atoms with Crippen LogP contribution >= 0.6 is 0 Å². The van der Waals surface area contributed by atoms with Gasteiger partial charge in [0.15, 0.2) is 0 Å². The third-order valence-corrected chi connectivity index (χ3v) is 12.3. The Kier molecular flexibility index (Phi) is 5.74. The van der Waals surface area contributed by atoms with Gasteiger partial charge in [-0.3, -0.25) is 0 Å². The van der Waals surface area contributed by atoms with Crippen molar-refractivity contribution in [3.8, 4) is 22.5 Å². The van der Waals surface area contributed by atoms with Crippen molar-refractivity contribution in [2.24, 2.45) is 0 Å². The third kappa shape index (κ3) is 3.94. The summed E-state index contributed by atoms with van der Waals surface area (Å²) in [6, 6.07) is 55.6. The molecule has 256 valence electrons. The smallest absolute Gasteiger partial charge is 0.139 e. The Balaban J connectivity index is 1.05. The molecule has 55 heavy (non-hydrogen) atoms. The van der Waals surface area contributed by atoms with Crippen molar-refractivity contribution in [3.05, 3.63) is 181 Å². The number of benzene rings is 8. The van der Waals surface area contributed by atoms with Crippen molar-refractivity contribution in [1.82, 2.24) is 9.13 Å². The summed E-state index contributed by atoms with van der Waals surface area (Å²) >= 11 is 0. The minimum atomic E-state index is 0.888. The van der Waals surface area contributed by atoms with Crippen molar-refractivity contribution in [3.63, 3.8) is 0 Å². The highest BCUT2D eigenvalue weighted by molar-refractivity contribution is 6.18. The van der Waals surface area contributed by atoms with Gasteiger partial charge in [-0.05, 0) is 113 Å². The maximum absolute atomic E-state index is 6.58. The van der Waals surface area contributed by atoms with Gasteiger partial charge in [-0.15, -0.1) is 0 Å². The first-order valence-electron chi connectivity index (χ1n) is 19.2. The lowest BCUT2D eigenvalue weighted by Crippen LogP contribution is -2.08. The largest absolute Gasteiger partial charge is 0.456 e. The molecular formula is C52H32N2O. The fourth-order valence-electron chi connectivity index (χ4n) is 9.96.